The summed E-state index contributed by atoms with van der Waals surface area (Å²) in [7, 11) is 0. The minimum atomic E-state index is -0.995. The van der Waals surface area contributed by atoms with E-state index in [0.29, 0.717) is 19.6 Å². The van der Waals surface area contributed by atoms with Crippen molar-refractivity contribution in [2.45, 2.75) is 6.54 Å². The molecule has 0 aliphatic heterocycles. The summed E-state index contributed by atoms with van der Waals surface area (Å²) in [6.45, 7) is 1.49. The van der Waals surface area contributed by atoms with Gasteiger partial charge in [0.2, 0.25) is 0 Å². The van der Waals surface area contributed by atoms with Gasteiger partial charge < -0.3 is 10.2 Å². The van der Waals surface area contributed by atoms with Gasteiger partial charge in [0.25, 0.3) is 0 Å². The average Bonchev–Trinajstić information content (AvgIpc) is 2.38. The monoisotopic (exact) mass is 275 g/mol. The fourth-order valence-corrected chi connectivity index (χ4v) is 1.65. The SMILES string of the molecule is O=C(O)C=CCN(CC=CC(=O)O)Cc1ccccc1. The molecular weight excluding hydrogens is 258 g/mol. The van der Waals surface area contributed by atoms with E-state index in [9.17, 15) is 9.59 Å². The van der Waals surface area contributed by atoms with Gasteiger partial charge in [0.15, 0.2) is 0 Å². The van der Waals surface area contributed by atoms with Crippen LogP contribution in [0.1, 0.15) is 5.56 Å². The Kier molecular flexibility index (Phi) is 6.78. The molecule has 0 spiro atoms. The Morgan fingerprint density at radius 1 is 0.950 bits per heavy atom. The number of carboxylic acids is 2. The lowest BCUT2D eigenvalue weighted by Crippen LogP contribution is -2.23. The number of carboxylic acid groups (broad SMARTS) is 2. The first-order valence-corrected chi connectivity index (χ1v) is 6.13. The van der Waals surface area contributed by atoms with E-state index in [1.807, 2.05) is 35.2 Å². The molecule has 0 saturated heterocycles. The van der Waals surface area contributed by atoms with Crippen molar-refractivity contribution >= 4 is 11.9 Å². The van der Waals surface area contributed by atoms with E-state index in [0.717, 1.165) is 17.7 Å². The zero-order chi connectivity index (χ0) is 14.8. The van der Waals surface area contributed by atoms with Crippen LogP contribution in [-0.2, 0) is 16.1 Å². The molecule has 0 aliphatic rings. The minimum Gasteiger partial charge on any atom is -0.478 e. The summed E-state index contributed by atoms with van der Waals surface area (Å²) < 4.78 is 0. The first-order chi connectivity index (χ1) is 9.58. The van der Waals surface area contributed by atoms with Crippen molar-refractivity contribution in [3.63, 3.8) is 0 Å². The standard InChI is InChI=1S/C15H17NO4/c17-14(18)8-4-10-16(11-5-9-15(19)20)12-13-6-2-1-3-7-13/h1-9H,10-12H2,(H,17,18)(H,19,20). The summed E-state index contributed by atoms with van der Waals surface area (Å²) in [5.74, 6) is -1.99. The summed E-state index contributed by atoms with van der Waals surface area (Å²) in [5, 5.41) is 17.1. The molecule has 0 bridgehead atoms. The van der Waals surface area contributed by atoms with E-state index in [2.05, 4.69) is 0 Å². The highest BCUT2D eigenvalue weighted by Crippen LogP contribution is 2.04. The largest absolute Gasteiger partial charge is 0.478 e. The number of hydrogen-bond donors (Lipinski definition) is 2. The number of hydrogen-bond acceptors (Lipinski definition) is 3. The molecule has 0 fully saturated rings. The van der Waals surface area contributed by atoms with Gasteiger partial charge in [-0.15, -0.1) is 0 Å². The molecule has 0 atom stereocenters. The Balaban J connectivity index is 2.63. The molecule has 1 aromatic carbocycles. The predicted octanol–water partition coefficient (Wildman–Crippen LogP) is 1.77. The van der Waals surface area contributed by atoms with Crippen LogP contribution in [0.2, 0.25) is 0 Å². The smallest absolute Gasteiger partial charge is 0.328 e. The van der Waals surface area contributed by atoms with E-state index in [4.69, 9.17) is 10.2 Å². The van der Waals surface area contributed by atoms with E-state index >= 15 is 0 Å². The molecule has 0 heterocycles. The lowest BCUT2D eigenvalue weighted by Gasteiger charge is -2.18. The topological polar surface area (TPSA) is 77.8 Å². The van der Waals surface area contributed by atoms with Crippen LogP contribution >= 0.6 is 0 Å². The normalized spacial score (nSPS) is 11.4. The predicted molar refractivity (Wildman–Crippen MR) is 75.3 cm³/mol. The second kappa shape index (κ2) is 8.66. The van der Waals surface area contributed by atoms with Gasteiger partial charge in [0, 0.05) is 31.8 Å². The molecule has 1 rings (SSSR count). The maximum Gasteiger partial charge on any atom is 0.328 e. The molecule has 0 aromatic heterocycles. The second-order valence-corrected chi connectivity index (χ2v) is 4.16. The third kappa shape index (κ3) is 7.13. The van der Waals surface area contributed by atoms with Gasteiger partial charge in [-0.1, -0.05) is 42.5 Å². The number of aliphatic carboxylic acids is 2. The van der Waals surface area contributed by atoms with Gasteiger partial charge in [-0.3, -0.25) is 4.90 Å². The number of benzene rings is 1. The van der Waals surface area contributed by atoms with Crippen LogP contribution in [0.3, 0.4) is 0 Å². The molecule has 5 nitrogen and oxygen atoms in total. The highest BCUT2D eigenvalue weighted by molar-refractivity contribution is 5.80. The minimum absolute atomic E-state index is 0.436. The molecular formula is C15H17NO4. The Bertz CT molecular complexity index is 468. The maximum absolute atomic E-state index is 10.4. The molecule has 0 saturated carbocycles. The van der Waals surface area contributed by atoms with E-state index in [1.54, 1.807) is 12.2 Å². The summed E-state index contributed by atoms with van der Waals surface area (Å²) in [5.41, 5.74) is 1.08. The quantitative estimate of drug-likeness (QED) is 0.707. The lowest BCUT2D eigenvalue weighted by atomic mass is 10.2. The average molecular weight is 275 g/mol. The summed E-state index contributed by atoms with van der Waals surface area (Å²) in [6.07, 6.45) is 5.25. The van der Waals surface area contributed by atoms with Crippen LogP contribution in [0, 0.1) is 0 Å². The molecule has 0 amide bonds. The zero-order valence-corrected chi connectivity index (χ0v) is 11.0. The zero-order valence-electron chi connectivity index (χ0n) is 11.0. The van der Waals surface area contributed by atoms with Crippen molar-refractivity contribution in [1.29, 1.82) is 0 Å². The first kappa shape index (κ1) is 15.7. The van der Waals surface area contributed by atoms with Crippen LogP contribution in [0.15, 0.2) is 54.6 Å². The van der Waals surface area contributed by atoms with E-state index in [1.165, 1.54) is 0 Å². The highest BCUT2D eigenvalue weighted by atomic mass is 16.4. The molecule has 2 N–H and O–H groups in total. The van der Waals surface area contributed by atoms with Crippen LogP contribution < -0.4 is 0 Å². The Morgan fingerprint density at radius 2 is 1.45 bits per heavy atom. The Hall–Kier alpha value is -2.40. The fourth-order valence-electron chi connectivity index (χ4n) is 1.65. The lowest BCUT2D eigenvalue weighted by molar-refractivity contribution is -0.132. The molecule has 0 unspecified atom stereocenters. The molecule has 20 heavy (non-hydrogen) atoms. The van der Waals surface area contributed by atoms with Crippen LogP contribution in [-0.4, -0.2) is 40.1 Å². The van der Waals surface area contributed by atoms with Gasteiger partial charge in [0.1, 0.15) is 0 Å². The highest BCUT2D eigenvalue weighted by Gasteiger charge is 2.03. The van der Waals surface area contributed by atoms with Crippen molar-refractivity contribution in [2.24, 2.45) is 0 Å². The molecule has 0 radical (unpaired) electrons. The van der Waals surface area contributed by atoms with Gasteiger partial charge in [-0.25, -0.2) is 9.59 Å². The van der Waals surface area contributed by atoms with E-state index < -0.39 is 11.9 Å². The fraction of sp³-hybridized carbons (Fsp3) is 0.200. The van der Waals surface area contributed by atoms with Gasteiger partial charge in [0.05, 0.1) is 0 Å². The van der Waals surface area contributed by atoms with Crippen LogP contribution in [0.5, 0.6) is 0 Å². The first-order valence-electron chi connectivity index (χ1n) is 6.13. The summed E-state index contributed by atoms with van der Waals surface area (Å²) in [4.78, 5) is 22.8. The Labute approximate surface area is 117 Å². The second-order valence-electron chi connectivity index (χ2n) is 4.16. The van der Waals surface area contributed by atoms with Crippen LogP contribution in [0.4, 0.5) is 0 Å². The van der Waals surface area contributed by atoms with Gasteiger partial charge in [-0.2, -0.15) is 0 Å². The number of rotatable bonds is 8. The molecule has 0 aliphatic carbocycles. The van der Waals surface area contributed by atoms with Crippen molar-refractivity contribution in [3.05, 3.63) is 60.2 Å². The molecule has 106 valence electrons. The van der Waals surface area contributed by atoms with Crippen molar-refractivity contribution in [1.82, 2.24) is 4.90 Å². The number of carbonyl (C=O) groups is 2. The van der Waals surface area contributed by atoms with E-state index in [-0.39, 0.29) is 0 Å². The van der Waals surface area contributed by atoms with Crippen molar-refractivity contribution < 1.29 is 19.8 Å². The summed E-state index contributed by atoms with van der Waals surface area (Å²) in [6, 6.07) is 9.70. The maximum atomic E-state index is 10.4. The third-order valence-corrected chi connectivity index (χ3v) is 2.50. The third-order valence-electron chi connectivity index (χ3n) is 2.50. The summed E-state index contributed by atoms with van der Waals surface area (Å²) >= 11 is 0. The van der Waals surface area contributed by atoms with Gasteiger partial charge in [-0.05, 0) is 5.56 Å². The number of nitrogens with zero attached hydrogens (tertiary/aromatic N) is 1. The van der Waals surface area contributed by atoms with Gasteiger partial charge >= 0.3 is 11.9 Å². The molecule has 1 aromatic rings. The van der Waals surface area contributed by atoms with Crippen LogP contribution in [0.25, 0.3) is 0 Å². The van der Waals surface area contributed by atoms with Crippen molar-refractivity contribution in [3.8, 4) is 0 Å². The Morgan fingerprint density at radius 3 is 1.90 bits per heavy atom. The van der Waals surface area contributed by atoms with Crippen molar-refractivity contribution in [2.75, 3.05) is 13.1 Å². The molecule has 5 heteroatoms.